The van der Waals surface area contributed by atoms with Crippen molar-refractivity contribution < 1.29 is 19.4 Å². The minimum absolute atomic E-state index is 0.0538. The molecular formula is C19H27NO4. The maximum Gasteiger partial charge on any atom is 0.313 e. The first-order valence-electron chi connectivity index (χ1n) is 8.52. The number of aliphatic carboxylic acids is 1. The number of amides is 1. The average Bonchev–Trinajstić information content (AvgIpc) is 2.99. The molecule has 5 heteroatoms. The third kappa shape index (κ3) is 4.57. The molecule has 5 nitrogen and oxygen atoms in total. The van der Waals surface area contributed by atoms with Crippen LogP contribution in [0, 0.1) is 12.3 Å². The van der Waals surface area contributed by atoms with E-state index >= 15 is 0 Å². The summed E-state index contributed by atoms with van der Waals surface area (Å²) in [6, 6.07) is 8.46. The van der Waals surface area contributed by atoms with Crippen LogP contribution in [0.25, 0.3) is 0 Å². The maximum atomic E-state index is 12.3. The Labute approximate surface area is 143 Å². The van der Waals surface area contributed by atoms with Crippen LogP contribution in [0.1, 0.15) is 36.8 Å². The summed E-state index contributed by atoms with van der Waals surface area (Å²) in [6.07, 6.45) is 3.70. The van der Waals surface area contributed by atoms with Gasteiger partial charge in [0.1, 0.15) is 5.41 Å². The number of aryl methyl sites for hydroxylation is 2. The van der Waals surface area contributed by atoms with Gasteiger partial charge >= 0.3 is 5.97 Å². The van der Waals surface area contributed by atoms with Crippen molar-refractivity contribution >= 4 is 11.9 Å². The number of carbonyl (C=O) groups is 2. The van der Waals surface area contributed by atoms with Crippen molar-refractivity contribution in [2.75, 3.05) is 26.8 Å². The molecule has 0 aromatic heterocycles. The number of rotatable bonds is 8. The van der Waals surface area contributed by atoms with Crippen LogP contribution in [0.2, 0.25) is 0 Å². The normalized spacial score (nSPS) is 20.3. The Kier molecular flexibility index (Phi) is 6.37. The average molecular weight is 333 g/mol. The van der Waals surface area contributed by atoms with Crippen LogP contribution in [0.3, 0.4) is 0 Å². The predicted molar refractivity (Wildman–Crippen MR) is 91.9 cm³/mol. The summed E-state index contributed by atoms with van der Waals surface area (Å²) >= 11 is 0. The Balaban J connectivity index is 1.75. The number of nitrogens with zero attached hydrogens (tertiary/aromatic N) is 1. The smallest absolute Gasteiger partial charge is 0.313 e. The third-order valence-electron chi connectivity index (χ3n) is 4.81. The number of methoxy groups -OCH3 is 1. The van der Waals surface area contributed by atoms with E-state index < -0.39 is 11.4 Å². The van der Waals surface area contributed by atoms with E-state index in [1.54, 1.807) is 4.90 Å². The molecule has 24 heavy (non-hydrogen) atoms. The molecule has 1 N–H and O–H groups in total. The van der Waals surface area contributed by atoms with E-state index in [2.05, 4.69) is 31.2 Å². The number of carboxylic acids is 1. The van der Waals surface area contributed by atoms with Gasteiger partial charge in [0.25, 0.3) is 0 Å². The fourth-order valence-electron chi connectivity index (χ4n) is 3.23. The summed E-state index contributed by atoms with van der Waals surface area (Å²) in [5.41, 5.74) is 1.60. The van der Waals surface area contributed by atoms with Crippen LogP contribution in [0.4, 0.5) is 0 Å². The zero-order valence-electron chi connectivity index (χ0n) is 14.6. The largest absolute Gasteiger partial charge is 0.481 e. The standard InChI is InChI=1S/C19H27NO4/c1-15-7-9-16(10-8-15)5-3-4-6-17(21)20-12-11-19(13-20,14-24-2)18(22)23/h7-10H,3-6,11-14H2,1-2H3,(H,22,23). The molecule has 2 rings (SSSR count). The van der Waals surface area contributed by atoms with Crippen LogP contribution in [-0.4, -0.2) is 48.7 Å². The summed E-state index contributed by atoms with van der Waals surface area (Å²) in [4.78, 5) is 25.5. The lowest BCUT2D eigenvalue weighted by atomic mass is 9.88. The van der Waals surface area contributed by atoms with E-state index in [1.807, 2.05) is 0 Å². The number of hydrogen-bond donors (Lipinski definition) is 1. The fourth-order valence-corrected chi connectivity index (χ4v) is 3.23. The topological polar surface area (TPSA) is 66.8 Å². The number of benzene rings is 1. The molecule has 0 saturated carbocycles. The fraction of sp³-hybridized carbons (Fsp3) is 0.579. The van der Waals surface area contributed by atoms with Gasteiger partial charge in [-0.05, 0) is 38.2 Å². The van der Waals surface area contributed by atoms with Gasteiger partial charge in [0.15, 0.2) is 0 Å². The second kappa shape index (κ2) is 8.29. The summed E-state index contributed by atoms with van der Waals surface area (Å²) < 4.78 is 5.06. The van der Waals surface area contributed by atoms with Crippen molar-refractivity contribution in [1.29, 1.82) is 0 Å². The van der Waals surface area contributed by atoms with Gasteiger partial charge in [0, 0.05) is 26.6 Å². The molecule has 1 saturated heterocycles. The highest BCUT2D eigenvalue weighted by Crippen LogP contribution is 2.31. The lowest BCUT2D eigenvalue weighted by molar-refractivity contribution is -0.151. The molecule has 0 aliphatic carbocycles. The van der Waals surface area contributed by atoms with E-state index in [9.17, 15) is 14.7 Å². The Bertz CT molecular complexity index is 569. The van der Waals surface area contributed by atoms with Gasteiger partial charge < -0.3 is 14.7 Å². The molecule has 1 aromatic carbocycles. The summed E-state index contributed by atoms with van der Waals surface area (Å²) in [6.45, 7) is 2.98. The Morgan fingerprint density at radius 1 is 1.25 bits per heavy atom. The number of carboxylic acid groups (broad SMARTS) is 1. The van der Waals surface area contributed by atoms with E-state index in [4.69, 9.17) is 4.74 Å². The third-order valence-corrected chi connectivity index (χ3v) is 4.81. The Hall–Kier alpha value is -1.88. The molecular weight excluding hydrogens is 306 g/mol. The summed E-state index contributed by atoms with van der Waals surface area (Å²) in [5.74, 6) is -0.822. The predicted octanol–water partition coefficient (Wildman–Crippen LogP) is 2.66. The first-order chi connectivity index (χ1) is 11.5. The van der Waals surface area contributed by atoms with Crippen molar-refractivity contribution in [1.82, 2.24) is 4.90 Å². The summed E-state index contributed by atoms with van der Waals surface area (Å²) in [5, 5.41) is 9.44. The molecule has 0 radical (unpaired) electrons. The van der Waals surface area contributed by atoms with Crippen LogP contribution >= 0.6 is 0 Å². The van der Waals surface area contributed by atoms with Crippen molar-refractivity contribution in [3.05, 3.63) is 35.4 Å². The molecule has 1 heterocycles. The second-order valence-electron chi connectivity index (χ2n) is 6.78. The van der Waals surface area contributed by atoms with Gasteiger partial charge in [-0.15, -0.1) is 0 Å². The molecule has 1 atom stereocenters. The highest BCUT2D eigenvalue weighted by atomic mass is 16.5. The molecule has 132 valence electrons. The van der Waals surface area contributed by atoms with Gasteiger partial charge in [-0.25, -0.2) is 0 Å². The molecule has 1 aromatic rings. The summed E-state index contributed by atoms with van der Waals surface area (Å²) in [7, 11) is 1.50. The molecule has 0 bridgehead atoms. The van der Waals surface area contributed by atoms with Crippen LogP contribution < -0.4 is 0 Å². The zero-order chi connectivity index (χ0) is 17.6. The van der Waals surface area contributed by atoms with Crippen molar-refractivity contribution in [3.8, 4) is 0 Å². The Morgan fingerprint density at radius 2 is 1.96 bits per heavy atom. The van der Waals surface area contributed by atoms with Crippen LogP contribution in [-0.2, 0) is 20.7 Å². The van der Waals surface area contributed by atoms with E-state index in [0.29, 0.717) is 19.4 Å². The number of unbranched alkanes of at least 4 members (excludes halogenated alkanes) is 1. The maximum absolute atomic E-state index is 12.3. The van der Waals surface area contributed by atoms with Crippen molar-refractivity contribution in [3.63, 3.8) is 0 Å². The van der Waals surface area contributed by atoms with E-state index in [1.165, 1.54) is 18.2 Å². The quantitative estimate of drug-likeness (QED) is 0.743. The highest BCUT2D eigenvalue weighted by molar-refractivity contribution is 5.80. The minimum Gasteiger partial charge on any atom is -0.481 e. The van der Waals surface area contributed by atoms with Crippen LogP contribution in [0.5, 0.6) is 0 Å². The van der Waals surface area contributed by atoms with Crippen molar-refractivity contribution in [2.45, 2.75) is 39.0 Å². The molecule has 1 aliphatic heterocycles. The van der Waals surface area contributed by atoms with Gasteiger partial charge in [-0.2, -0.15) is 0 Å². The molecule has 0 spiro atoms. The lowest BCUT2D eigenvalue weighted by Gasteiger charge is -2.23. The second-order valence-corrected chi connectivity index (χ2v) is 6.78. The number of carbonyl (C=O) groups excluding carboxylic acids is 1. The molecule has 1 fully saturated rings. The van der Waals surface area contributed by atoms with Gasteiger partial charge in [0.05, 0.1) is 6.61 Å². The van der Waals surface area contributed by atoms with Gasteiger partial charge in [-0.1, -0.05) is 29.8 Å². The number of ether oxygens (including phenoxy) is 1. The monoisotopic (exact) mass is 333 g/mol. The molecule has 1 amide bonds. The molecule has 1 aliphatic rings. The van der Waals surface area contributed by atoms with Crippen molar-refractivity contribution in [2.24, 2.45) is 5.41 Å². The first kappa shape index (κ1) is 18.5. The van der Waals surface area contributed by atoms with E-state index in [0.717, 1.165) is 19.3 Å². The number of likely N-dealkylation sites (tertiary alicyclic amines) is 1. The highest BCUT2D eigenvalue weighted by Gasteiger charge is 2.46. The number of hydrogen-bond acceptors (Lipinski definition) is 3. The van der Waals surface area contributed by atoms with E-state index in [-0.39, 0.29) is 19.1 Å². The van der Waals surface area contributed by atoms with Crippen LogP contribution in [0.15, 0.2) is 24.3 Å². The lowest BCUT2D eigenvalue weighted by Crippen LogP contribution is -2.40. The molecule has 1 unspecified atom stereocenters. The van der Waals surface area contributed by atoms with Gasteiger partial charge in [0.2, 0.25) is 5.91 Å². The van der Waals surface area contributed by atoms with Gasteiger partial charge in [-0.3, -0.25) is 9.59 Å². The first-order valence-corrected chi connectivity index (χ1v) is 8.52. The SMILES string of the molecule is COCC1(C(=O)O)CCN(C(=O)CCCCc2ccc(C)cc2)C1. The zero-order valence-corrected chi connectivity index (χ0v) is 14.6. The minimum atomic E-state index is -0.938. The Morgan fingerprint density at radius 3 is 2.58 bits per heavy atom.